The molecule has 2 aromatic rings. The van der Waals surface area contributed by atoms with Crippen molar-refractivity contribution >= 4 is 11.3 Å². The Morgan fingerprint density at radius 2 is 2.21 bits per heavy atom. The fraction of sp³-hybridized carbons (Fsp3) is 0.556. The summed E-state index contributed by atoms with van der Waals surface area (Å²) in [5, 5.41) is 3.19. The number of hydrogen-bond acceptors (Lipinski definition) is 5. The lowest BCUT2D eigenvalue weighted by molar-refractivity contribution is -0.0331. The van der Waals surface area contributed by atoms with Crippen molar-refractivity contribution in [3.8, 4) is 0 Å². The molecule has 0 spiro atoms. The van der Waals surface area contributed by atoms with Gasteiger partial charge in [0.15, 0.2) is 0 Å². The summed E-state index contributed by atoms with van der Waals surface area (Å²) in [6, 6.07) is 3.72. The van der Waals surface area contributed by atoms with Crippen molar-refractivity contribution in [1.82, 2.24) is 14.5 Å². The van der Waals surface area contributed by atoms with Crippen LogP contribution in [0.3, 0.4) is 0 Å². The average molecular weight is 347 g/mol. The lowest BCUT2D eigenvalue weighted by Gasteiger charge is -2.32. The summed E-state index contributed by atoms with van der Waals surface area (Å²) in [6.45, 7) is 9.68. The number of nitrogens with zero attached hydrogens (tertiary/aromatic N) is 3. The third kappa shape index (κ3) is 3.94. The Morgan fingerprint density at radius 1 is 1.42 bits per heavy atom. The van der Waals surface area contributed by atoms with Crippen LogP contribution in [0, 0.1) is 0 Å². The number of hydrogen-bond donors (Lipinski definition) is 0. The second-order valence-electron chi connectivity index (χ2n) is 7.40. The largest absolute Gasteiger partial charge is 0.368 e. The van der Waals surface area contributed by atoms with Crippen LogP contribution >= 0.6 is 11.3 Å². The Balaban J connectivity index is 1.69. The number of pyridine rings is 1. The van der Waals surface area contributed by atoms with Gasteiger partial charge in [-0.15, -0.1) is 11.3 Å². The van der Waals surface area contributed by atoms with E-state index >= 15 is 0 Å². The minimum absolute atomic E-state index is 0.0198. The second kappa shape index (κ2) is 6.78. The summed E-state index contributed by atoms with van der Waals surface area (Å²) >= 11 is 1.68. The average Bonchev–Trinajstić information content (AvgIpc) is 3.01. The highest BCUT2D eigenvalue weighted by Gasteiger charge is 2.26. The third-order valence-corrected chi connectivity index (χ3v) is 5.23. The molecule has 1 aliphatic rings. The first-order chi connectivity index (χ1) is 11.3. The van der Waals surface area contributed by atoms with Crippen LogP contribution in [0.1, 0.15) is 43.1 Å². The van der Waals surface area contributed by atoms with Crippen molar-refractivity contribution in [1.29, 1.82) is 0 Å². The van der Waals surface area contributed by atoms with E-state index in [2.05, 4.69) is 31.1 Å². The Labute approximate surface area is 146 Å². The number of ether oxygens (including phenoxy) is 1. The molecule has 6 heteroatoms. The first-order valence-electron chi connectivity index (χ1n) is 8.28. The maximum absolute atomic E-state index is 11.8. The highest BCUT2D eigenvalue weighted by Crippen LogP contribution is 2.30. The van der Waals surface area contributed by atoms with Crippen LogP contribution in [0.25, 0.3) is 0 Å². The zero-order valence-electron chi connectivity index (χ0n) is 14.8. The molecule has 0 saturated carbocycles. The summed E-state index contributed by atoms with van der Waals surface area (Å²) in [7, 11) is 1.77. The molecule has 130 valence electrons. The molecule has 24 heavy (non-hydrogen) atoms. The summed E-state index contributed by atoms with van der Waals surface area (Å²) in [5.74, 6) is 0. The quantitative estimate of drug-likeness (QED) is 0.856. The normalized spacial score (nSPS) is 19.6. The maximum atomic E-state index is 11.8. The van der Waals surface area contributed by atoms with E-state index in [1.807, 2.05) is 12.3 Å². The van der Waals surface area contributed by atoms with Crippen LogP contribution in [0.5, 0.6) is 0 Å². The molecule has 0 amide bonds. The van der Waals surface area contributed by atoms with Crippen LogP contribution in [0.15, 0.2) is 28.5 Å². The summed E-state index contributed by atoms with van der Waals surface area (Å²) in [4.78, 5) is 18.9. The molecular formula is C18H25N3O2S. The molecule has 1 saturated heterocycles. The van der Waals surface area contributed by atoms with E-state index in [9.17, 15) is 4.79 Å². The zero-order chi connectivity index (χ0) is 17.3. The van der Waals surface area contributed by atoms with E-state index in [0.29, 0.717) is 6.61 Å². The summed E-state index contributed by atoms with van der Waals surface area (Å²) in [6.07, 6.45) is 1.85. The highest BCUT2D eigenvalue weighted by molar-refractivity contribution is 7.09. The highest BCUT2D eigenvalue weighted by atomic mass is 32.1. The van der Waals surface area contributed by atoms with Gasteiger partial charge in [-0.2, -0.15) is 0 Å². The van der Waals surface area contributed by atoms with E-state index in [0.717, 1.165) is 35.9 Å². The van der Waals surface area contributed by atoms with Crippen molar-refractivity contribution in [3.05, 3.63) is 50.3 Å². The van der Waals surface area contributed by atoms with Crippen molar-refractivity contribution in [2.24, 2.45) is 7.05 Å². The molecule has 0 aromatic carbocycles. The molecule has 1 atom stereocenters. The molecule has 0 unspecified atom stereocenters. The van der Waals surface area contributed by atoms with Gasteiger partial charge in [-0.3, -0.25) is 9.69 Å². The Hall–Kier alpha value is -1.50. The zero-order valence-corrected chi connectivity index (χ0v) is 15.6. The van der Waals surface area contributed by atoms with E-state index in [1.54, 1.807) is 29.0 Å². The minimum Gasteiger partial charge on any atom is -0.368 e. The molecule has 1 aliphatic heterocycles. The fourth-order valence-electron chi connectivity index (χ4n) is 2.72. The number of thiazole rings is 1. The number of aromatic nitrogens is 2. The number of morpholine rings is 1. The lowest BCUT2D eigenvalue weighted by Crippen LogP contribution is -2.38. The lowest BCUT2D eigenvalue weighted by atomic mass is 9.93. The van der Waals surface area contributed by atoms with E-state index < -0.39 is 0 Å². The van der Waals surface area contributed by atoms with Gasteiger partial charge in [0.05, 0.1) is 12.3 Å². The van der Waals surface area contributed by atoms with Crippen molar-refractivity contribution in [2.45, 2.75) is 38.8 Å². The van der Waals surface area contributed by atoms with Gasteiger partial charge < -0.3 is 9.30 Å². The van der Waals surface area contributed by atoms with E-state index in [1.165, 1.54) is 0 Å². The molecule has 2 aromatic heterocycles. The van der Waals surface area contributed by atoms with Gasteiger partial charge in [0.1, 0.15) is 11.1 Å². The van der Waals surface area contributed by atoms with Crippen molar-refractivity contribution < 1.29 is 4.74 Å². The maximum Gasteiger partial charge on any atom is 0.250 e. The van der Waals surface area contributed by atoms with Crippen molar-refractivity contribution in [3.63, 3.8) is 0 Å². The third-order valence-electron chi connectivity index (χ3n) is 4.29. The molecule has 0 N–H and O–H groups in total. The molecule has 1 fully saturated rings. The predicted molar refractivity (Wildman–Crippen MR) is 96.5 cm³/mol. The first kappa shape index (κ1) is 17.3. The van der Waals surface area contributed by atoms with Gasteiger partial charge in [0.25, 0.3) is 5.56 Å². The Kier molecular flexibility index (Phi) is 4.90. The van der Waals surface area contributed by atoms with E-state index in [4.69, 9.17) is 9.72 Å². The van der Waals surface area contributed by atoms with Crippen LogP contribution in [0.4, 0.5) is 0 Å². The van der Waals surface area contributed by atoms with Crippen LogP contribution < -0.4 is 5.56 Å². The van der Waals surface area contributed by atoms with Gasteiger partial charge in [0.2, 0.25) is 0 Å². The van der Waals surface area contributed by atoms with Gasteiger partial charge in [0, 0.05) is 49.7 Å². The monoisotopic (exact) mass is 347 g/mol. The topological polar surface area (TPSA) is 47.4 Å². The predicted octanol–water partition coefficient (Wildman–Crippen LogP) is 2.71. The molecule has 0 aliphatic carbocycles. The first-order valence-corrected chi connectivity index (χ1v) is 9.16. The minimum atomic E-state index is 0.0198. The molecule has 3 heterocycles. The second-order valence-corrected chi connectivity index (χ2v) is 8.29. The fourth-order valence-corrected chi connectivity index (χ4v) is 3.81. The number of rotatable bonds is 3. The molecule has 3 rings (SSSR count). The SMILES string of the molecule is Cn1ccc(CN2CCO[C@H](c3nc(C(C)(C)C)cs3)C2)cc1=O. The van der Waals surface area contributed by atoms with Crippen LogP contribution in [-0.2, 0) is 23.7 Å². The van der Waals surface area contributed by atoms with Gasteiger partial charge in [-0.05, 0) is 11.6 Å². The summed E-state index contributed by atoms with van der Waals surface area (Å²) in [5.41, 5.74) is 2.27. The summed E-state index contributed by atoms with van der Waals surface area (Å²) < 4.78 is 7.53. The smallest absolute Gasteiger partial charge is 0.250 e. The Bertz CT molecular complexity index is 760. The standard InChI is InChI=1S/C18H25N3O2S/c1-18(2,3)15-12-24-17(19-15)14-11-21(7-8-23-14)10-13-5-6-20(4)16(22)9-13/h5-6,9,12,14H,7-8,10-11H2,1-4H3/t14-/m0/s1. The molecule has 5 nitrogen and oxygen atoms in total. The van der Waals surface area contributed by atoms with E-state index in [-0.39, 0.29) is 17.1 Å². The van der Waals surface area contributed by atoms with Gasteiger partial charge in [-0.25, -0.2) is 4.98 Å². The van der Waals surface area contributed by atoms with Gasteiger partial charge >= 0.3 is 0 Å². The number of aryl methyl sites for hydroxylation is 1. The van der Waals surface area contributed by atoms with Crippen LogP contribution in [-0.4, -0.2) is 34.1 Å². The van der Waals surface area contributed by atoms with Gasteiger partial charge in [-0.1, -0.05) is 20.8 Å². The van der Waals surface area contributed by atoms with Crippen molar-refractivity contribution in [2.75, 3.05) is 19.7 Å². The molecule has 0 radical (unpaired) electrons. The molecular weight excluding hydrogens is 322 g/mol. The van der Waals surface area contributed by atoms with Crippen LogP contribution in [0.2, 0.25) is 0 Å². The molecule has 0 bridgehead atoms. The Morgan fingerprint density at radius 3 is 2.88 bits per heavy atom.